The van der Waals surface area contributed by atoms with E-state index < -0.39 is 0 Å². The number of rotatable bonds is 2. The van der Waals surface area contributed by atoms with E-state index in [4.69, 9.17) is 0 Å². The molecular formula is C13H17N. The SMILES string of the molecule is CCC(C)(C)c1ccc2cc[nH]c2c1. The van der Waals surface area contributed by atoms with Crippen LogP contribution in [0.3, 0.4) is 0 Å². The number of hydrogen-bond acceptors (Lipinski definition) is 0. The first-order chi connectivity index (χ1) is 6.63. The lowest BCUT2D eigenvalue weighted by atomic mass is 9.82. The normalized spacial score (nSPS) is 12.2. The monoisotopic (exact) mass is 187 g/mol. The molecule has 0 atom stereocenters. The van der Waals surface area contributed by atoms with Gasteiger partial charge < -0.3 is 4.98 Å². The largest absolute Gasteiger partial charge is 0.361 e. The van der Waals surface area contributed by atoms with Crippen molar-refractivity contribution in [2.24, 2.45) is 0 Å². The highest BCUT2D eigenvalue weighted by Gasteiger charge is 2.17. The first kappa shape index (κ1) is 9.32. The van der Waals surface area contributed by atoms with Gasteiger partial charge in [-0.1, -0.05) is 32.9 Å². The maximum Gasteiger partial charge on any atom is 0.0456 e. The molecule has 1 N–H and O–H groups in total. The van der Waals surface area contributed by atoms with Gasteiger partial charge in [-0.2, -0.15) is 0 Å². The third-order valence-corrected chi connectivity index (χ3v) is 3.22. The third-order valence-electron chi connectivity index (χ3n) is 3.22. The summed E-state index contributed by atoms with van der Waals surface area (Å²) in [7, 11) is 0. The van der Waals surface area contributed by atoms with E-state index in [1.807, 2.05) is 6.20 Å². The van der Waals surface area contributed by atoms with Crippen LogP contribution >= 0.6 is 0 Å². The van der Waals surface area contributed by atoms with Crippen LogP contribution in [-0.4, -0.2) is 4.98 Å². The molecule has 0 fully saturated rings. The Morgan fingerprint density at radius 2 is 2.00 bits per heavy atom. The number of H-pyrrole nitrogens is 1. The fourth-order valence-corrected chi connectivity index (χ4v) is 1.67. The smallest absolute Gasteiger partial charge is 0.0456 e. The highest BCUT2D eigenvalue weighted by Crippen LogP contribution is 2.28. The summed E-state index contributed by atoms with van der Waals surface area (Å²) in [6, 6.07) is 8.80. The van der Waals surface area contributed by atoms with Crippen molar-refractivity contribution >= 4 is 10.9 Å². The Bertz CT molecular complexity index is 437. The van der Waals surface area contributed by atoms with Crippen LogP contribution in [0.25, 0.3) is 10.9 Å². The Morgan fingerprint density at radius 1 is 1.21 bits per heavy atom. The molecule has 2 rings (SSSR count). The predicted octanol–water partition coefficient (Wildman–Crippen LogP) is 3.86. The third kappa shape index (κ3) is 1.43. The maximum absolute atomic E-state index is 3.26. The summed E-state index contributed by atoms with van der Waals surface area (Å²) < 4.78 is 0. The van der Waals surface area contributed by atoms with Gasteiger partial charge in [0.15, 0.2) is 0 Å². The molecule has 0 aliphatic carbocycles. The molecule has 0 amide bonds. The summed E-state index contributed by atoms with van der Waals surface area (Å²) in [5, 5.41) is 1.29. The second kappa shape index (κ2) is 3.16. The van der Waals surface area contributed by atoms with Crippen LogP contribution < -0.4 is 0 Å². The Hall–Kier alpha value is -1.24. The molecule has 0 saturated heterocycles. The quantitative estimate of drug-likeness (QED) is 0.735. The van der Waals surface area contributed by atoms with Crippen LogP contribution in [0.1, 0.15) is 32.8 Å². The van der Waals surface area contributed by atoms with Crippen molar-refractivity contribution in [1.29, 1.82) is 0 Å². The van der Waals surface area contributed by atoms with Gasteiger partial charge in [0.05, 0.1) is 0 Å². The van der Waals surface area contributed by atoms with Crippen molar-refractivity contribution in [2.45, 2.75) is 32.6 Å². The number of benzene rings is 1. The molecule has 1 aromatic heterocycles. The summed E-state index contributed by atoms with van der Waals surface area (Å²) >= 11 is 0. The zero-order valence-corrected chi connectivity index (χ0v) is 9.09. The van der Waals surface area contributed by atoms with Crippen molar-refractivity contribution in [2.75, 3.05) is 0 Å². The van der Waals surface area contributed by atoms with Gasteiger partial charge in [-0.15, -0.1) is 0 Å². The minimum absolute atomic E-state index is 0.277. The van der Waals surface area contributed by atoms with Gasteiger partial charge in [-0.3, -0.25) is 0 Å². The van der Waals surface area contributed by atoms with Gasteiger partial charge in [0.25, 0.3) is 0 Å². The van der Waals surface area contributed by atoms with Crippen LogP contribution in [0.5, 0.6) is 0 Å². The second-order valence-electron chi connectivity index (χ2n) is 4.52. The van der Waals surface area contributed by atoms with E-state index in [-0.39, 0.29) is 5.41 Å². The van der Waals surface area contributed by atoms with Crippen molar-refractivity contribution in [3.05, 3.63) is 36.0 Å². The lowest BCUT2D eigenvalue weighted by Gasteiger charge is -2.23. The maximum atomic E-state index is 3.26. The summed E-state index contributed by atoms with van der Waals surface area (Å²) in [4.78, 5) is 3.26. The molecule has 1 nitrogen and oxygen atoms in total. The molecule has 0 saturated carbocycles. The average Bonchev–Trinajstić information content (AvgIpc) is 2.64. The molecule has 74 valence electrons. The fourth-order valence-electron chi connectivity index (χ4n) is 1.67. The number of aromatic nitrogens is 1. The zero-order valence-electron chi connectivity index (χ0n) is 9.09. The van der Waals surface area contributed by atoms with Gasteiger partial charge in [0.2, 0.25) is 0 Å². The molecule has 0 radical (unpaired) electrons. The van der Waals surface area contributed by atoms with Crippen LogP contribution in [0, 0.1) is 0 Å². The molecule has 0 unspecified atom stereocenters. The zero-order chi connectivity index (χ0) is 10.2. The minimum atomic E-state index is 0.277. The van der Waals surface area contributed by atoms with Crippen molar-refractivity contribution < 1.29 is 0 Å². The Kier molecular flexibility index (Phi) is 2.10. The van der Waals surface area contributed by atoms with Crippen molar-refractivity contribution in [1.82, 2.24) is 4.98 Å². The van der Waals surface area contributed by atoms with Gasteiger partial charge in [0, 0.05) is 11.7 Å². The number of fused-ring (bicyclic) bond motifs is 1. The first-order valence-corrected chi connectivity index (χ1v) is 5.21. The summed E-state index contributed by atoms with van der Waals surface area (Å²) in [6.07, 6.45) is 3.16. The molecule has 1 aromatic carbocycles. The Labute approximate surface area is 85.1 Å². The lowest BCUT2D eigenvalue weighted by Crippen LogP contribution is -2.14. The molecular weight excluding hydrogens is 170 g/mol. The molecule has 0 aliphatic rings. The topological polar surface area (TPSA) is 15.8 Å². The Balaban J connectivity index is 2.53. The van der Waals surface area contributed by atoms with Crippen molar-refractivity contribution in [3.8, 4) is 0 Å². The molecule has 0 aliphatic heterocycles. The molecule has 14 heavy (non-hydrogen) atoms. The molecule has 0 bridgehead atoms. The number of hydrogen-bond donors (Lipinski definition) is 1. The number of nitrogens with one attached hydrogen (secondary N) is 1. The first-order valence-electron chi connectivity index (χ1n) is 5.21. The van der Waals surface area contributed by atoms with Gasteiger partial charge in [-0.05, 0) is 34.9 Å². The van der Waals surface area contributed by atoms with Gasteiger partial charge in [0.1, 0.15) is 0 Å². The standard InChI is InChI=1S/C13H17N/c1-4-13(2,3)11-6-5-10-7-8-14-12(10)9-11/h5-9,14H,4H2,1-3H3. The van der Waals surface area contributed by atoms with Gasteiger partial charge >= 0.3 is 0 Å². The molecule has 1 heterocycles. The average molecular weight is 187 g/mol. The van der Waals surface area contributed by atoms with Crippen molar-refractivity contribution in [3.63, 3.8) is 0 Å². The van der Waals surface area contributed by atoms with E-state index in [1.54, 1.807) is 0 Å². The van der Waals surface area contributed by atoms with E-state index in [9.17, 15) is 0 Å². The highest BCUT2D eigenvalue weighted by molar-refractivity contribution is 5.80. The molecule has 1 heteroatoms. The molecule has 0 spiro atoms. The Morgan fingerprint density at radius 3 is 2.71 bits per heavy atom. The van der Waals surface area contributed by atoms with Crippen LogP contribution in [-0.2, 0) is 5.41 Å². The summed E-state index contributed by atoms with van der Waals surface area (Å²) in [5.74, 6) is 0. The van der Waals surface area contributed by atoms with Crippen LogP contribution in [0.4, 0.5) is 0 Å². The van der Waals surface area contributed by atoms with Gasteiger partial charge in [-0.25, -0.2) is 0 Å². The molecule has 2 aromatic rings. The number of aromatic amines is 1. The summed E-state index contributed by atoms with van der Waals surface area (Å²) in [5.41, 5.74) is 2.93. The summed E-state index contributed by atoms with van der Waals surface area (Å²) in [6.45, 7) is 6.81. The highest BCUT2D eigenvalue weighted by atomic mass is 14.7. The fraction of sp³-hybridized carbons (Fsp3) is 0.385. The van der Waals surface area contributed by atoms with E-state index in [2.05, 4.69) is 50.0 Å². The van der Waals surface area contributed by atoms with E-state index in [0.717, 1.165) is 0 Å². The minimum Gasteiger partial charge on any atom is -0.361 e. The van der Waals surface area contributed by atoms with E-state index in [0.29, 0.717) is 0 Å². The van der Waals surface area contributed by atoms with E-state index >= 15 is 0 Å². The van der Waals surface area contributed by atoms with Crippen LogP contribution in [0.2, 0.25) is 0 Å². The van der Waals surface area contributed by atoms with E-state index in [1.165, 1.54) is 22.9 Å². The second-order valence-corrected chi connectivity index (χ2v) is 4.52. The lowest BCUT2D eigenvalue weighted by molar-refractivity contribution is 0.507. The predicted molar refractivity (Wildman–Crippen MR) is 61.6 cm³/mol. The van der Waals surface area contributed by atoms with Crippen LogP contribution in [0.15, 0.2) is 30.5 Å².